The van der Waals surface area contributed by atoms with Crippen LogP contribution in [-0.4, -0.2) is 17.9 Å². The van der Waals surface area contributed by atoms with Crippen molar-refractivity contribution in [1.82, 2.24) is 0 Å². The van der Waals surface area contributed by atoms with Gasteiger partial charge in [-0.05, 0) is 30.7 Å². The zero-order valence-electron chi connectivity index (χ0n) is 9.27. The van der Waals surface area contributed by atoms with E-state index in [4.69, 9.17) is 10.5 Å². The van der Waals surface area contributed by atoms with Crippen molar-refractivity contribution in [3.05, 3.63) is 29.8 Å². The van der Waals surface area contributed by atoms with E-state index in [1.165, 1.54) is 6.08 Å². The van der Waals surface area contributed by atoms with Crippen molar-refractivity contribution in [2.24, 2.45) is 5.73 Å². The third-order valence-electron chi connectivity index (χ3n) is 2.38. The highest BCUT2D eigenvalue weighted by Crippen LogP contribution is 2.30. The van der Waals surface area contributed by atoms with Crippen LogP contribution in [0, 0.1) is 0 Å². The zero-order chi connectivity index (χ0) is 12.4. The smallest absolute Gasteiger partial charge is 0.265 e. The summed E-state index contributed by atoms with van der Waals surface area (Å²) >= 11 is 0. The maximum Gasteiger partial charge on any atom is 0.265 e. The number of hydrogen-bond donors (Lipinski definition) is 2. The lowest BCUT2D eigenvalue weighted by atomic mass is 10.1. The highest BCUT2D eigenvalue weighted by atomic mass is 16.5. The number of ether oxygens (including phenoxy) is 1. The number of anilines is 1. The molecule has 1 aliphatic rings. The molecule has 2 amide bonds. The molecule has 1 atom stereocenters. The molecule has 5 nitrogen and oxygen atoms in total. The molecule has 2 rings (SSSR count). The SMILES string of the molecule is CC1Oc2cc(/C=C/C(N)=O)ccc2NC1=O. The highest BCUT2D eigenvalue weighted by Gasteiger charge is 2.23. The van der Waals surface area contributed by atoms with Crippen LogP contribution < -0.4 is 15.8 Å². The van der Waals surface area contributed by atoms with Gasteiger partial charge in [-0.3, -0.25) is 9.59 Å². The second-order valence-electron chi connectivity index (χ2n) is 3.74. The lowest BCUT2D eigenvalue weighted by Crippen LogP contribution is -2.34. The predicted octanol–water partition coefficient (Wildman–Crippen LogP) is 0.905. The van der Waals surface area contributed by atoms with Crippen LogP contribution in [-0.2, 0) is 9.59 Å². The molecule has 0 saturated heterocycles. The number of fused-ring (bicyclic) bond motifs is 1. The predicted molar refractivity (Wildman–Crippen MR) is 63.4 cm³/mol. The topological polar surface area (TPSA) is 81.4 Å². The van der Waals surface area contributed by atoms with Crippen LogP contribution in [0.3, 0.4) is 0 Å². The summed E-state index contributed by atoms with van der Waals surface area (Å²) in [5.74, 6) is -0.0908. The molecule has 1 aliphatic heterocycles. The van der Waals surface area contributed by atoms with Gasteiger partial charge in [0.1, 0.15) is 5.75 Å². The minimum Gasteiger partial charge on any atom is -0.479 e. The second kappa shape index (κ2) is 4.29. The third kappa shape index (κ3) is 2.44. The maximum atomic E-state index is 11.3. The lowest BCUT2D eigenvalue weighted by Gasteiger charge is -2.23. The number of primary amides is 1. The van der Waals surface area contributed by atoms with E-state index in [1.807, 2.05) is 0 Å². The molecule has 1 aromatic carbocycles. The number of carbonyl (C=O) groups excluding carboxylic acids is 2. The Kier molecular flexibility index (Phi) is 2.82. The molecule has 17 heavy (non-hydrogen) atoms. The molecule has 0 aromatic heterocycles. The molecule has 1 aromatic rings. The lowest BCUT2D eigenvalue weighted by molar-refractivity contribution is -0.122. The first-order valence-corrected chi connectivity index (χ1v) is 5.15. The molecule has 3 N–H and O–H groups in total. The quantitative estimate of drug-likeness (QED) is 0.743. The summed E-state index contributed by atoms with van der Waals surface area (Å²) in [6.07, 6.45) is 2.34. The molecule has 0 saturated carbocycles. The first-order chi connectivity index (χ1) is 8.06. The number of hydrogen-bond acceptors (Lipinski definition) is 3. The molecule has 1 unspecified atom stereocenters. The Bertz CT molecular complexity index is 508. The van der Waals surface area contributed by atoms with Gasteiger partial charge in [0.25, 0.3) is 5.91 Å². The van der Waals surface area contributed by atoms with E-state index in [0.717, 1.165) is 5.56 Å². The van der Waals surface area contributed by atoms with Crippen molar-refractivity contribution in [1.29, 1.82) is 0 Å². The maximum absolute atomic E-state index is 11.3. The standard InChI is InChI=1S/C12H12N2O3/c1-7-12(16)14-9-4-2-8(3-5-11(13)15)6-10(9)17-7/h2-7H,1H3,(H2,13,15)(H,14,16)/b5-3+. The van der Waals surface area contributed by atoms with E-state index >= 15 is 0 Å². The van der Waals surface area contributed by atoms with Crippen molar-refractivity contribution in [3.63, 3.8) is 0 Å². The number of benzene rings is 1. The minimum atomic E-state index is -0.516. The van der Waals surface area contributed by atoms with Gasteiger partial charge in [-0.15, -0.1) is 0 Å². The molecular formula is C12H12N2O3. The summed E-state index contributed by atoms with van der Waals surface area (Å²) in [5, 5.41) is 2.72. The van der Waals surface area contributed by atoms with Crippen LogP contribution in [0.5, 0.6) is 5.75 Å². The van der Waals surface area contributed by atoms with Crippen molar-refractivity contribution in [3.8, 4) is 5.75 Å². The Hall–Kier alpha value is -2.30. The fourth-order valence-corrected chi connectivity index (χ4v) is 1.50. The fourth-order valence-electron chi connectivity index (χ4n) is 1.50. The van der Waals surface area contributed by atoms with Crippen LogP contribution >= 0.6 is 0 Å². The Morgan fingerprint density at radius 2 is 2.29 bits per heavy atom. The van der Waals surface area contributed by atoms with Gasteiger partial charge in [0.15, 0.2) is 6.10 Å². The largest absolute Gasteiger partial charge is 0.479 e. The molecule has 0 spiro atoms. The van der Waals surface area contributed by atoms with Gasteiger partial charge in [-0.1, -0.05) is 6.07 Å². The van der Waals surface area contributed by atoms with Gasteiger partial charge >= 0.3 is 0 Å². The number of amides is 2. The van der Waals surface area contributed by atoms with Crippen LogP contribution in [0.25, 0.3) is 6.08 Å². The monoisotopic (exact) mass is 232 g/mol. The Labute approximate surface area is 98.3 Å². The van der Waals surface area contributed by atoms with E-state index in [-0.39, 0.29) is 5.91 Å². The van der Waals surface area contributed by atoms with Crippen LogP contribution in [0.1, 0.15) is 12.5 Å². The number of carbonyl (C=O) groups is 2. The van der Waals surface area contributed by atoms with E-state index in [2.05, 4.69) is 5.32 Å². The van der Waals surface area contributed by atoms with Crippen molar-refractivity contribution in [2.45, 2.75) is 13.0 Å². The summed E-state index contributed by atoms with van der Waals surface area (Å²) in [5.41, 5.74) is 6.42. The third-order valence-corrected chi connectivity index (χ3v) is 2.38. The Morgan fingerprint density at radius 3 is 3.00 bits per heavy atom. The first kappa shape index (κ1) is 11.2. The fraction of sp³-hybridized carbons (Fsp3) is 0.167. The molecular weight excluding hydrogens is 220 g/mol. The Balaban J connectivity index is 2.28. The normalized spacial score (nSPS) is 18.4. The first-order valence-electron chi connectivity index (χ1n) is 5.15. The van der Waals surface area contributed by atoms with E-state index in [0.29, 0.717) is 11.4 Å². The van der Waals surface area contributed by atoms with Gasteiger partial charge in [-0.2, -0.15) is 0 Å². The minimum absolute atomic E-state index is 0.169. The molecule has 88 valence electrons. The van der Waals surface area contributed by atoms with Crippen LogP contribution in [0.4, 0.5) is 5.69 Å². The van der Waals surface area contributed by atoms with Crippen molar-refractivity contribution in [2.75, 3.05) is 5.32 Å². The number of nitrogens with two attached hydrogens (primary N) is 1. The highest BCUT2D eigenvalue weighted by molar-refractivity contribution is 5.97. The van der Waals surface area contributed by atoms with Crippen LogP contribution in [0.2, 0.25) is 0 Å². The average Bonchev–Trinajstić information content (AvgIpc) is 2.28. The molecule has 0 bridgehead atoms. The van der Waals surface area contributed by atoms with Gasteiger partial charge in [0.2, 0.25) is 5.91 Å². The van der Waals surface area contributed by atoms with Gasteiger partial charge in [0, 0.05) is 6.08 Å². The van der Waals surface area contributed by atoms with E-state index < -0.39 is 12.0 Å². The molecule has 5 heteroatoms. The summed E-state index contributed by atoms with van der Waals surface area (Å²) in [4.78, 5) is 21.9. The van der Waals surface area contributed by atoms with Gasteiger partial charge < -0.3 is 15.8 Å². The zero-order valence-corrected chi connectivity index (χ0v) is 9.27. The summed E-state index contributed by atoms with van der Waals surface area (Å²) < 4.78 is 5.43. The summed E-state index contributed by atoms with van der Waals surface area (Å²) in [7, 11) is 0. The van der Waals surface area contributed by atoms with Gasteiger partial charge in [0.05, 0.1) is 5.69 Å². The average molecular weight is 232 g/mol. The molecule has 0 aliphatic carbocycles. The molecule has 0 radical (unpaired) electrons. The summed E-state index contributed by atoms with van der Waals surface area (Å²) in [6.45, 7) is 1.67. The Morgan fingerprint density at radius 1 is 1.53 bits per heavy atom. The van der Waals surface area contributed by atoms with Crippen molar-refractivity contribution < 1.29 is 14.3 Å². The van der Waals surface area contributed by atoms with Crippen LogP contribution in [0.15, 0.2) is 24.3 Å². The van der Waals surface area contributed by atoms with E-state index in [9.17, 15) is 9.59 Å². The second-order valence-corrected chi connectivity index (χ2v) is 3.74. The van der Waals surface area contributed by atoms with Gasteiger partial charge in [-0.25, -0.2) is 0 Å². The molecule has 1 heterocycles. The number of rotatable bonds is 2. The summed E-state index contributed by atoms with van der Waals surface area (Å²) in [6, 6.07) is 5.22. The van der Waals surface area contributed by atoms with E-state index in [1.54, 1.807) is 31.2 Å². The van der Waals surface area contributed by atoms with Crippen molar-refractivity contribution >= 4 is 23.6 Å². The molecule has 0 fully saturated rings. The number of nitrogens with one attached hydrogen (secondary N) is 1.